The minimum atomic E-state index is -0.430. The maximum atomic E-state index is 11.0. The third kappa shape index (κ3) is 2.56. The van der Waals surface area contributed by atoms with E-state index in [1.165, 1.54) is 0 Å². The van der Waals surface area contributed by atoms with Gasteiger partial charge in [0.2, 0.25) is 0 Å². The van der Waals surface area contributed by atoms with Crippen molar-refractivity contribution in [2.24, 2.45) is 0 Å². The van der Waals surface area contributed by atoms with E-state index in [0.717, 1.165) is 18.7 Å². The summed E-state index contributed by atoms with van der Waals surface area (Å²) in [5, 5.41) is 2.81. The highest BCUT2D eigenvalue weighted by molar-refractivity contribution is 6.67. The molecule has 0 bridgehead atoms. The van der Waals surface area contributed by atoms with Crippen molar-refractivity contribution in [2.45, 2.75) is 6.10 Å². The Bertz CT molecular complexity index is 361. The number of ether oxygens (including phenoxy) is 1. The molecule has 1 atom stereocenters. The molecule has 1 aromatic rings. The third-order valence-electron chi connectivity index (χ3n) is 2.41. The van der Waals surface area contributed by atoms with E-state index in [2.05, 4.69) is 5.32 Å². The van der Waals surface area contributed by atoms with Gasteiger partial charge in [-0.3, -0.25) is 4.79 Å². The van der Waals surface area contributed by atoms with E-state index in [1.807, 2.05) is 12.1 Å². The number of morpholine rings is 1. The Morgan fingerprint density at radius 3 is 3.07 bits per heavy atom. The summed E-state index contributed by atoms with van der Waals surface area (Å²) in [6.07, 6.45) is 0.0229. The minimum absolute atomic E-state index is 0.0229. The van der Waals surface area contributed by atoms with E-state index in [9.17, 15) is 4.79 Å². The molecule has 2 rings (SSSR count). The fraction of sp³-hybridized carbons (Fsp3) is 0.364. The number of nitrogens with one attached hydrogen (secondary N) is 1. The molecule has 1 aromatic carbocycles. The minimum Gasteiger partial charge on any atom is -0.371 e. The van der Waals surface area contributed by atoms with Crippen LogP contribution in [0.15, 0.2) is 24.3 Å². The molecule has 1 unspecified atom stereocenters. The summed E-state index contributed by atoms with van der Waals surface area (Å²) in [6.45, 7) is 2.36. The zero-order valence-electron chi connectivity index (χ0n) is 8.20. The number of hydrogen-bond acceptors (Lipinski definition) is 3. The van der Waals surface area contributed by atoms with Gasteiger partial charge in [0.25, 0.3) is 5.24 Å². The molecule has 1 saturated heterocycles. The van der Waals surface area contributed by atoms with E-state index in [4.69, 9.17) is 16.3 Å². The SMILES string of the molecule is O=C(Cl)c1cccc(C2CNCCO2)c1. The maximum Gasteiger partial charge on any atom is 0.252 e. The summed E-state index contributed by atoms with van der Waals surface area (Å²) in [7, 11) is 0. The lowest BCUT2D eigenvalue weighted by molar-refractivity contribution is 0.0277. The standard InChI is InChI=1S/C11H12ClNO2/c12-11(14)9-3-1-2-8(6-9)10-7-13-4-5-15-10/h1-3,6,10,13H,4-5,7H2. The molecule has 80 valence electrons. The highest BCUT2D eigenvalue weighted by Gasteiger charge is 2.16. The predicted octanol–water partition coefficient (Wildman–Crippen LogP) is 1.73. The molecule has 1 heterocycles. The number of benzene rings is 1. The van der Waals surface area contributed by atoms with Gasteiger partial charge in [-0.15, -0.1) is 0 Å². The number of hydrogen-bond donors (Lipinski definition) is 1. The molecule has 0 aromatic heterocycles. The molecule has 0 aliphatic carbocycles. The second-order valence-corrected chi connectivity index (χ2v) is 3.81. The average Bonchev–Trinajstić information content (AvgIpc) is 2.30. The van der Waals surface area contributed by atoms with Gasteiger partial charge >= 0.3 is 0 Å². The number of carbonyl (C=O) groups is 1. The van der Waals surface area contributed by atoms with E-state index in [0.29, 0.717) is 12.2 Å². The van der Waals surface area contributed by atoms with Gasteiger partial charge in [0.15, 0.2) is 0 Å². The van der Waals surface area contributed by atoms with Crippen LogP contribution in [0.25, 0.3) is 0 Å². The van der Waals surface area contributed by atoms with Crippen molar-refractivity contribution in [3.63, 3.8) is 0 Å². The third-order valence-corrected chi connectivity index (χ3v) is 2.63. The van der Waals surface area contributed by atoms with Crippen LogP contribution in [-0.2, 0) is 4.74 Å². The summed E-state index contributed by atoms with van der Waals surface area (Å²) < 4.78 is 5.58. The molecule has 4 heteroatoms. The first-order valence-electron chi connectivity index (χ1n) is 4.89. The van der Waals surface area contributed by atoms with Crippen molar-refractivity contribution >= 4 is 16.8 Å². The smallest absolute Gasteiger partial charge is 0.252 e. The van der Waals surface area contributed by atoms with Crippen LogP contribution >= 0.6 is 11.6 Å². The van der Waals surface area contributed by atoms with E-state index in [1.54, 1.807) is 12.1 Å². The Kier molecular flexibility index (Phi) is 3.36. The van der Waals surface area contributed by atoms with Crippen molar-refractivity contribution in [1.82, 2.24) is 5.32 Å². The Hall–Kier alpha value is -0.900. The molecule has 0 spiro atoms. The van der Waals surface area contributed by atoms with Crippen molar-refractivity contribution in [1.29, 1.82) is 0 Å². The number of halogens is 1. The first-order valence-corrected chi connectivity index (χ1v) is 5.27. The van der Waals surface area contributed by atoms with Crippen molar-refractivity contribution < 1.29 is 9.53 Å². The Labute approximate surface area is 93.4 Å². The summed E-state index contributed by atoms with van der Waals surface area (Å²) >= 11 is 5.42. The van der Waals surface area contributed by atoms with Gasteiger partial charge in [0.05, 0.1) is 12.7 Å². The van der Waals surface area contributed by atoms with Crippen LogP contribution < -0.4 is 5.32 Å². The van der Waals surface area contributed by atoms with Crippen molar-refractivity contribution in [3.8, 4) is 0 Å². The van der Waals surface area contributed by atoms with Gasteiger partial charge in [0.1, 0.15) is 0 Å². The highest BCUT2D eigenvalue weighted by atomic mass is 35.5. The van der Waals surface area contributed by atoms with Crippen LogP contribution in [0.2, 0.25) is 0 Å². The molecular weight excluding hydrogens is 214 g/mol. The van der Waals surface area contributed by atoms with Crippen LogP contribution in [0.4, 0.5) is 0 Å². The largest absolute Gasteiger partial charge is 0.371 e. The quantitative estimate of drug-likeness (QED) is 0.779. The normalized spacial score (nSPS) is 21.3. The van der Waals surface area contributed by atoms with E-state index in [-0.39, 0.29) is 6.10 Å². The van der Waals surface area contributed by atoms with Gasteiger partial charge in [-0.25, -0.2) is 0 Å². The van der Waals surface area contributed by atoms with Crippen LogP contribution in [0.3, 0.4) is 0 Å². The highest BCUT2D eigenvalue weighted by Crippen LogP contribution is 2.20. The van der Waals surface area contributed by atoms with E-state index >= 15 is 0 Å². The molecule has 0 saturated carbocycles. The molecule has 3 nitrogen and oxygen atoms in total. The lowest BCUT2D eigenvalue weighted by atomic mass is 10.1. The van der Waals surface area contributed by atoms with Gasteiger partial charge in [-0.05, 0) is 23.2 Å². The van der Waals surface area contributed by atoms with Gasteiger partial charge in [-0.1, -0.05) is 18.2 Å². The number of carbonyl (C=O) groups excluding carboxylic acids is 1. The van der Waals surface area contributed by atoms with Crippen molar-refractivity contribution in [3.05, 3.63) is 35.4 Å². The zero-order valence-corrected chi connectivity index (χ0v) is 8.96. The topological polar surface area (TPSA) is 38.3 Å². The lowest BCUT2D eigenvalue weighted by Gasteiger charge is -2.24. The fourth-order valence-electron chi connectivity index (χ4n) is 1.64. The molecule has 1 aliphatic rings. The van der Waals surface area contributed by atoms with Crippen LogP contribution in [0.5, 0.6) is 0 Å². The Balaban J connectivity index is 2.19. The molecular formula is C11H12ClNO2. The van der Waals surface area contributed by atoms with Crippen LogP contribution in [-0.4, -0.2) is 24.9 Å². The monoisotopic (exact) mass is 225 g/mol. The zero-order chi connectivity index (χ0) is 10.7. The van der Waals surface area contributed by atoms with Crippen LogP contribution in [0.1, 0.15) is 22.0 Å². The molecule has 15 heavy (non-hydrogen) atoms. The Morgan fingerprint density at radius 2 is 2.40 bits per heavy atom. The average molecular weight is 226 g/mol. The van der Waals surface area contributed by atoms with Gasteiger partial charge in [-0.2, -0.15) is 0 Å². The predicted molar refractivity (Wildman–Crippen MR) is 58.2 cm³/mol. The summed E-state index contributed by atoms with van der Waals surface area (Å²) in [6, 6.07) is 7.26. The number of rotatable bonds is 2. The van der Waals surface area contributed by atoms with Gasteiger partial charge in [0, 0.05) is 18.7 Å². The fourth-order valence-corrected chi connectivity index (χ4v) is 1.76. The first-order chi connectivity index (χ1) is 7.27. The Morgan fingerprint density at radius 1 is 1.53 bits per heavy atom. The lowest BCUT2D eigenvalue weighted by Crippen LogP contribution is -2.33. The summed E-state index contributed by atoms with van der Waals surface area (Å²) in [4.78, 5) is 11.0. The molecule has 0 radical (unpaired) electrons. The maximum absolute atomic E-state index is 11.0. The summed E-state index contributed by atoms with van der Waals surface area (Å²) in [5.41, 5.74) is 1.51. The molecule has 1 aliphatic heterocycles. The first kappa shape index (κ1) is 10.6. The molecule has 1 N–H and O–H groups in total. The molecule has 1 fully saturated rings. The van der Waals surface area contributed by atoms with Gasteiger partial charge < -0.3 is 10.1 Å². The molecule has 0 amide bonds. The van der Waals surface area contributed by atoms with Crippen molar-refractivity contribution in [2.75, 3.05) is 19.7 Å². The second-order valence-electron chi connectivity index (χ2n) is 3.46. The summed E-state index contributed by atoms with van der Waals surface area (Å²) in [5.74, 6) is 0. The van der Waals surface area contributed by atoms with E-state index < -0.39 is 5.24 Å². The second kappa shape index (κ2) is 4.75. The van der Waals surface area contributed by atoms with Crippen LogP contribution in [0, 0.1) is 0 Å².